The first-order valence-electron chi connectivity index (χ1n) is 30.3. The Hall–Kier alpha value is -2.43. The van der Waals surface area contributed by atoms with Crippen LogP contribution in [0, 0.1) is 0 Å². The first-order chi connectivity index (χ1) is 34.2. The predicted molar refractivity (Wildman–Crippen MR) is 308 cm³/mol. The molecule has 4 heteroatoms. The van der Waals surface area contributed by atoms with E-state index in [-0.39, 0.29) is 12.5 Å². The number of amides is 1. The molecule has 1 amide bonds. The molecule has 2 atom stereocenters. The maximum absolute atomic E-state index is 12.5. The van der Waals surface area contributed by atoms with Crippen molar-refractivity contribution in [3.8, 4) is 0 Å². The Morgan fingerprint density at radius 1 is 0.362 bits per heavy atom. The van der Waals surface area contributed by atoms with Gasteiger partial charge < -0.3 is 15.5 Å². The molecule has 0 aromatic heterocycles. The largest absolute Gasteiger partial charge is 0.394 e. The highest BCUT2D eigenvalue weighted by Crippen LogP contribution is 2.17. The summed E-state index contributed by atoms with van der Waals surface area (Å²) in [7, 11) is 0. The number of aliphatic hydroxyl groups is 2. The fourth-order valence-electron chi connectivity index (χ4n) is 9.07. The van der Waals surface area contributed by atoms with E-state index < -0.39 is 12.1 Å². The highest BCUT2D eigenvalue weighted by Gasteiger charge is 2.18. The standard InChI is InChI=1S/C65H117NO3/c1-3-5-7-9-11-13-15-17-19-21-23-24-25-26-27-28-29-30-31-32-33-34-35-36-37-38-39-40-41-42-43-45-47-49-51-53-55-57-59-61-65(69)66-63(62-67)64(68)60-58-56-54-52-50-48-46-44-22-20-18-16-14-12-10-8-6-4-2/h5,7,11,13,17,19,23-24,26-27,29-30,58,60,63-64,67-68H,3-4,6,8-10,12,14-16,18,20-22,25,28,31-57,59,61-62H2,1-2H3,(H,66,69)/b7-5-,13-11-,19-17-,24-23-,27-26-,30-29-,60-58+. The van der Waals surface area contributed by atoms with Gasteiger partial charge in [0.05, 0.1) is 18.8 Å². The number of nitrogens with one attached hydrogen (secondary N) is 1. The van der Waals surface area contributed by atoms with Crippen molar-refractivity contribution in [1.29, 1.82) is 0 Å². The minimum atomic E-state index is -0.841. The van der Waals surface area contributed by atoms with Crippen LogP contribution in [0.3, 0.4) is 0 Å². The predicted octanol–water partition coefficient (Wildman–Crippen LogP) is 20.3. The SMILES string of the molecule is CC/C=C\C/C=C\C/C=C\C/C=C\C/C=C\C/C=C\CCCCCCCCCCCCCCCCCCCCCCC(=O)NC(CO)C(O)/C=C/CCCCCCCCCCCCCCCCCC. The summed E-state index contributed by atoms with van der Waals surface area (Å²) in [5, 5.41) is 23.2. The molecular weight excluding hydrogens is 843 g/mol. The summed E-state index contributed by atoms with van der Waals surface area (Å²) in [6.07, 6.45) is 87.6. The third kappa shape index (κ3) is 56.4. The van der Waals surface area contributed by atoms with E-state index in [1.54, 1.807) is 6.08 Å². The number of aliphatic hydroxyl groups excluding tert-OH is 2. The lowest BCUT2D eigenvalue weighted by Gasteiger charge is -2.20. The number of carbonyl (C=O) groups excluding carboxylic acids is 1. The molecule has 2 unspecified atom stereocenters. The molecule has 400 valence electrons. The van der Waals surface area contributed by atoms with Gasteiger partial charge in [0.15, 0.2) is 0 Å². The lowest BCUT2D eigenvalue weighted by molar-refractivity contribution is -0.123. The Labute approximate surface area is 431 Å². The van der Waals surface area contributed by atoms with E-state index in [0.29, 0.717) is 6.42 Å². The molecule has 0 bridgehead atoms. The van der Waals surface area contributed by atoms with E-state index in [1.165, 1.54) is 218 Å². The first kappa shape index (κ1) is 66.6. The molecule has 0 aliphatic heterocycles. The summed E-state index contributed by atoms with van der Waals surface area (Å²) in [5.74, 6) is -0.0611. The molecular formula is C65H117NO3. The van der Waals surface area contributed by atoms with Crippen molar-refractivity contribution in [2.45, 2.75) is 315 Å². The summed E-state index contributed by atoms with van der Waals surface area (Å²) >= 11 is 0. The fourth-order valence-corrected chi connectivity index (χ4v) is 9.07. The fraction of sp³-hybridized carbons (Fsp3) is 0.769. The number of unbranched alkanes of at least 4 members (excludes halogenated alkanes) is 36. The monoisotopic (exact) mass is 960 g/mol. The van der Waals surface area contributed by atoms with Crippen LogP contribution < -0.4 is 5.32 Å². The lowest BCUT2D eigenvalue weighted by Crippen LogP contribution is -2.45. The van der Waals surface area contributed by atoms with Gasteiger partial charge in [-0.3, -0.25) is 4.79 Å². The van der Waals surface area contributed by atoms with E-state index in [0.717, 1.165) is 64.2 Å². The van der Waals surface area contributed by atoms with E-state index >= 15 is 0 Å². The zero-order valence-electron chi connectivity index (χ0n) is 46.1. The summed E-state index contributed by atoms with van der Waals surface area (Å²) in [6, 6.07) is -0.624. The second kappa shape index (κ2) is 59.9. The second-order valence-electron chi connectivity index (χ2n) is 20.4. The van der Waals surface area contributed by atoms with E-state index in [9.17, 15) is 15.0 Å². The van der Waals surface area contributed by atoms with Crippen LogP contribution in [0.5, 0.6) is 0 Å². The summed E-state index contributed by atoms with van der Waals surface area (Å²) in [6.45, 7) is 4.21. The maximum atomic E-state index is 12.5. The summed E-state index contributed by atoms with van der Waals surface area (Å²) in [4.78, 5) is 12.5. The molecule has 0 heterocycles. The van der Waals surface area contributed by atoms with Crippen molar-refractivity contribution in [2.24, 2.45) is 0 Å². The van der Waals surface area contributed by atoms with Gasteiger partial charge in [0, 0.05) is 6.42 Å². The number of rotatable bonds is 55. The third-order valence-electron chi connectivity index (χ3n) is 13.6. The molecule has 0 aromatic carbocycles. The average Bonchev–Trinajstić information content (AvgIpc) is 3.35. The Morgan fingerprint density at radius 2 is 0.638 bits per heavy atom. The smallest absolute Gasteiger partial charge is 0.220 e. The number of allylic oxidation sites excluding steroid dienone is 13. The normalized spacial score (nSPS) is 13.4. The minimum Gasteiger partial charge on any atom is -0.394 e. The van der Waals surface area contributed by atoms with Gasteiger partial charge in [-0.2, -0.15) is 0 Å². The molecule has 0 aromatic rings. The van der Waals surface area contributed by atoms with Gasteiger partial charge in [0.1, 0.15) is 0 Å². The zero-order chi connectivity index (χ0) is 49.9. The molecule has 0 radical (unpaired) electrons. The van der Waals surface area contributed by atoms with Crippen molar-refractivity contribution in [3.05, 3.63) is 85.1 Å². The van der Waals surface area contributed by atoms with Crippen LogP contribution in [0.1, 0.15) is 303 Å². The molecule has 0 spiro atoms. The van der Waals surface area contributed by atoms with Gasteiger partial charge in [-0.15, -0.1) is 0 Å². The van der Waals surface area contributed by atoms with E-state index in [4.69, 9.17) is 0 Å². The minimum absolute atomic E-state index is 0.0611. The van der Waals surface area contributed by atoms with Crippen molar-refractivity contribution in [2.75, 3.05) is 6.61 Å². The van der Waals surface area contributed by atoms with E-state index in [2.05, 4.69) is 92.1 Å². The molecule has 3 N–H and O–H groups in total. The van der Waals surface area contributed by atoms with Crippen LogP contribution in [0.25, 0.3) is 0 Å². The van der Waals surface area contributed by atoms with Crippen molar-refractivity contribution < 1.29 is 15.0 Å². The van der Waals surface area contributed by atoms with E-state index in [1.807, 2.05) is 6.08 Å². The van der Waals surface area contributed by atoms with Gasteiger partial charge in [0.25, 0.3) is 0 Å². The molecule has 0 saturated heterocycles. The molecule has 4 nitrogen and oxygen atoms in total. The molecule has 0 rings (SSSR count). The Balaban J connectivity index is 3.46. The quantitative estimate of drug-likeness (QED) is 0.0420. The van der Waals surface area contributed by atoms with Crippen LogP contribution in [0.4, 0.5) is 0 Å². The second-order valence-corrected chi connectivity index (χ2v) is 20.4. The van der Waals surface area contributed by atoms with Crippen molar-refractivity contribution in [3.63, 3.8) is 0 Å². The zero-order valence-corrected chi connectivity index (χ0v) is 46.1. The highest BCUT2D eigenvalue weighted by molar-refractivity contribution is 5.76. The Morgan fingerprint density at radius 3 is 0.957 bits per heavy atom. The maximum Gasteiger partial charge on any atom is 0.220 e. The molecule has 0 aliphatic rings. The average molecular weight is 961 g/mol. The van der Waals surface area contributed by atoms with Crippen LogP contribution in [-0.2, 0) is 4.79 Å². The third-order valence-corrected chi connectivity index (χ3v) is 13.6. The highest BCUT2D eigenvalue weighted by atomic mass is 16.3. The van der Waals surface area contributed by atoms with Gasteiger partial charge in [-0.1, -0.05) is 311 Å². The topological polar surface area (TPSA) is 69.6 Å². The number of hydrogen-bond acceptors (Lipinski definition) is 3. The summed E-state index contributed by atoms with van der Waals surface area (Å²) < 4.78 is 0. The molecule has 69 heavy (non-hydrogen) atoms. The van der Waals surface area contributed by atoms with Crippen molar-refractivity contribution >= 4 is 5.91 Å². The first-order valence-corrected chi connectivity index (χ1v) is 30.3. The number of hydrogen-bond donors (Lipinski definition) is 3. The van der Waals surface area contributed by atoms with Gasteiger partial charge in [0.2, 0.25) is 5.91 Å². The van der Waals surface area contributed by atoms with Gasteiger partial charge >= 0.3 is 0 Å². The van der Waals surface area contributed by atoms with Crippen LogP contribution in [0.2, 0.25) is 0 Å². The van der Waals surface area contributed by atoms with Crippen LogP contribution in [0.15, 0.2) is 85.1 Å². The molecule has 0 fully saturated rings. The molecule has 0 aliphatic carbocycles. The van der Waals surface area contributed by atoms with Crippen LogP contribution >= 0.6 is 0 Å². The molecule has 0 saturated carbocycles. The lowest BCUT2D eigenvalue weighted by atomic mass is 10.0. The van der Waals surface area contributed by atoms with Crippen molar-refractivity contribution in [1.82, 2.24) is 5.32 Å². The Bertz CT molecular complexity index is 1230. The Kier molecular flexibility index (Phi) is 57.8. The summed E-state index contributed by atoms with van der Waals surface area (Å²) in [5.41, 5.74) is 0. The van der Waals surface area contributed by atoms with Gasteiger partial charge in [-0.05, 0) is 70.6 Å². The van der Waals surface area contributed by atoms with Gasteiger partial charge in [-0.25, -0.2) is 0 Å². The van der Waals surface area contributed by atoms with Crippen LogP contribution in [-0.4, -0.2) is 34.9 Å². The number of carbonyl (C=O) groups is 1.